The van der Waals surface area contributed by atoms with Crippen molar-refractivity contribution in [1.29, 1.82) is 0 Å². The van der Waals surface area contributed by atoms with Crippen LogP contribution in [0, 0.1) is 0 Å². The van der Waals surface area contributed by atoms with Crippen molar-refractivity contribution in [3.63, 3.8) is 0 Å². The molecule has 2 N–H and O–H groups in total. The fourth-order valence-corrected chi connectivity index (χ4v) is 0.955. The summed E-state index contributed by atoms with van der Waals surface area (Å²) in [6.07, 6.45) is 0.293. The van der Waals surface area contributed by atoms with Crippen molar-refractivity contribution >= 4 is 36.1 Å². The first-order valence-corrected chi connectivity index (χ1v) is 4.47. The lowest BCUT2D eigenvalue weighted by atomic mass is 10.2. The van der Waals surface area contributed by atoms with E-state index >= 15 is 0 Å². The van der Waals surface area contributed by atoms with Crippen LogP contribution in [0.3, 0.4) is 0 Å². The van der Waals surface area contributed by atoms with Gasteiger partial charge in [-0.1, -0.05) is 0 Å². The second kappa shape index (κ2) is 6.14. The van der Waals surface area contributed by atoms with Gasteiger partial charge in [0.05, 0.1) is 0 Å². The van der Waals surface area contributed by atoms with Crippen LogP contribution in [-0.4, -0.2) is 34.7 Å². The third-order valence-electron chi connectivity index (χ3n) is 1.17. The van der Waals surface area contributed by atoms with Crippen molar-refractivity contribution in [1.82, 2.24) is 5.32 Å². The SMILES string of the molecule is O=C(CCl)NC(CCS)C(=O)O. The number of hydrogen-bond acceptors (Lipinski definition) is 3. The van der Waals surface area contributed by atoms with Crippen LogP contribution in [0.1, 0.15) is 6.42 Å². The molecule has 0 radical (unpaired) electrons. The Balaban J connectivity index is 3.95. The Hall–Kier alpha value is -0.420. The Labute approximate surface area is 80.7 Å². The number of hydrogen-bond donors (Lipinski definition) is 3. The van der Waals surface area contributed by atoms with Crippen LogP contribution in [0.4, 0.5) is 0 Å². The van der Waals surface area contributed by atoms with E-state index in [-0.39, 0.29) is 5.88 Å². The number of carbonyl (C=O) groups excluding carboxylic acids is 1. The van der Waals surface area contributed by atoms with Gasteiger partial charge in [0.25, 0.3) is 0 Å². The van der Waals surface area contributed by atoms with Gasteiger partial charge in [0, 0.05) is 0 Å². The molecule has 0 aliphatic carbocycles. The summed E-state index contributed by atoms with van der Waals surface area (Å²) in [5.41, 5.74) is 0. The standard InChI is InChI=1S/C6H10ClNO3S/c7-3-5(9)8-4(1-2-12)6(10)11/h4,12H,1-3H2,(H,8,9)(H,10,11). The largest absolute Gasteiger partial charge is 0.480 e. The molecular formula is C6H10ClNO3S. The highest BCUT2D eigenvalue weighted by molar-refractivity contribution is 7.80. The van der Waals surface area contributed by atoms with E-state index in [0.717, 1.165) is 0 Å². The van der Waals surface area contributed by atoms with Crippen LogP contribution in [0.25, 0.3) is 0 Å². The third kappa shape index (κ3) is 4.46. The van der Waals surface area contributed by atoms with Gasteiger partial charge in [-0.05, 0) is 12.2 Å². The molecule has 0 saturated carbocycles. The van der Waals surface area contributed by atoms with E-state index in [2.05, 4.69) is 17.9 Å². The van der Waals surface area contributed by atoms with Gasteiger partial charge in [0.1, 0.15) is 11.9 Å². The number of carbonyl (C=O) groups is 2. The summed E-state index contributed by atoms with van der Waals surface area (Å²) in [7, 11) is 0. The summed E-state index contributed by atoms with van der Waals surface area (Å²) in [6.45, 7) is 0. The average molecular weight is 212 g/mol. The van der Waals surface area contributed by atoms with Gasteiger partial charge in [-0.3, -0.25) is 4.79 Å². The molecule has 0 aromatic heterocycles. The lowest BCUT2D eigenvalue weighted by Gasteiger charge is -2.11. The second-order valence-corrected chi connectivity index (χ2v) is 2.82. The Morgan fingerprint density at radius 1 is 1.58 bits per heavy atom. The second-order valence-electron chi connectivity index (χ2n) is 2.10. The summed E-state index contributed by atoms with van der Waals surface area (Å²) < 4.78 is 0. The zero-order chi connectivity index (χ0) is 9.56. The number of carboxylic acid groups (broad SMARTS) is 1. The Bertz CT molecular complexity index is 174. The molecular weight excluding hydrogens is 202 g/mol. The van der Waals surface area contributed by atoms with E-state index < -0.39 is 17.9 Å². The molecule has 0 heterocycles. The van der Waals surface area contributed by atoms with Crippen LogP contribution in [0.5, 0.6) is 0 Å². The van der Waals surface area contributed by atoms with Gasteiger partial charge >= 0.3 is 5.97 Å². The monoisotopic (exact) mass is 211 g/mol. The minimum absolute atomic E-state index is 0.226. The van der Waals surface area contributed by atoms with E-state index in [4.69, 9.17) is 16.7 Å². The first-order chi connectivity index (χ1) is 5.61. The molecule has 12 heavy (non-hydrogen) atoms. The van der Waals surface area contributed by atoms with Gasteiger partial charge in [0.15, 0.2) is 0 Å². The van der Waals surface area contributed by atoms with Crippen molar-refractivity contribution in [3.05, 3.63) is 0 Å². The number of alkyl halides is 1. The van der Waals surface area contributed by atoms with Crippen molar-refractivity contribution in [2.75, 3.05) is 11.6 Å². The molecule has 0 rings (SSSR count). The Morgan fingerprint density at radius 2 is 2.17 bits per heavy atom. The number of rotatable bonds is 5. The quantitative estimate of drug-likeness (QED) is 0.447. The fraction of sp³-hybridized carbons (Fsp3) is 0.667. The fourth-order valence-electron chi connectivity index (χ4n) is 0.619. The molecule has 0 spiro atoms. The van der Waals surface area contributed by atoms with Crippen LogP contribution < -0.4 is 5.32 Å². The van der Waals surface area contributed by atoms with Gasteiger partial charge in [-0.25, -0.2) is 4.79 Å². The Morgan fingerprint density at radius 3 is 2.50 bits per heavy atom. The van der Waals surface area contributed by atoms with Gasteiger partial charge in [-0.2, -0.15) is 12.6 Å². The predicted molar refractivity (Wildman–Crippen MR) is 48.8 cm³/mol. The number of aliphatic carboxylic acids is 1. The maximum Gasteiger partial charge on any atom is 0.326 e. The Kier molecular flexibility index (Phi) is 5.92. The maximum atomic E-state index is 10.7. The van der Waals surface area contributed by atoms with Crippen molar-refractivity contribution in [2.24, 2.45) is 0 Å². The van der Waals surface area contributed by atoms with E-state index in [0.29, 0.717) is 12.2 Å². The molecule has 1 atom stereocenters. The molecule has 70 valence electrons. The number of amides is 1. The normalized spacial score (nSPS) is 12.2. The maximum absolute atomic E-state index is 10.7. The van der Waals surface area contributed by atoms with E-state index in [1.807, 2.05) is 0 Å². The highest BCUT2D eigenvalue weighted by Crippen LogP contribution is 1.94. The highest BCUT2D eigenvalue weighted by Gasteiger charge is 2.17. The summed E-state index contributed by atoms with van der Waals surface area (Å²) in [6, 6.07) is -0.881. The molecule has 0 aliphatic heterocycles. The van der Waals surface area contributed by atoms with Gasteiger partial charge in [0.2, 0.25) is 5.91 Å². The predicted octanol–water partition coefficient (Wildman–Crippen LogP) is 0.115. The molecule has 0 bridgehead atoms. The molecule has 0 aromatic carbocycles. The third-order valence-corrected chi connectivity index (χ3v) is 1.67. The van der Waals surface area contributed by atoms with Crippen LogP contribution in [0.2, 0.25) is 0 Å². The highest BCUT2D eigenvalue weighted by atomic mass is 35.5. The number of nitrogens with one attached hydrogen (secondary N) is 1. The lowest BCUT2D eigenvalue weighted by molar-refractivity contribution is -0.141. The van der Waals surface area contributed by atoms with Crippen molar-refractivity contribution in [3.8, 4) is 0 Å². The smallest absolute Gasteiger partial charge is 0.326 e. The van der Waals surface area contributed by atoms with Crippen LogP contribution >= 0.6 is 24.2 Å². The van der Waals surface area contributed by atoms with E-state index in [1.165, 1.54) is 0 Å². The summed E-state index contributed by atoms with van der Waals surface area (Å²) in [5, 5.41) is 10.8. The minimum Gasteiger partial charge on any atom is -0.480 e. The van der Waals surface area contributed by atoms with Crippen LogP contribution in [0.15, 0.2) is 0 Å². The summed E-state index contributed by atoms with van der Waals surface area (Å²) >= 11 is 9.04. The number of carboxylic acids is 1. The molecule has 6 heteroatoms. The van der Waals surface area contributed by atoms with Gasteiger partial charge in [-0.15, -0.1) is 11.6 Å². The first kappa shape index (κ1) is 11.6. The molecule has 1 amide bonds. The molecule has 0 aliphatic rings. The van der Waals surface area contributed by atoms with Crippen molar-refractivity contribution < 1.29 is 14.7 Å². The first-order valence-electron chi connectivity index (χ1n) is 3.30. The molecule has 0 fully saturated rings. The molecule has 0 saturated heterocycles. The van der Waals surface area contributed by atoms with Gasteiger partial charge < -0.3 is 10.4 Å². The molecule has 1 unspecified atom stereocenters. The van der Waals surface area contributed by atoms with E-state index in [1.54, 1.807) is 0 Å². The molecule has 0 aromatic rings. The number of halogens is 1. The lowest BCUT2D eigenvalue weighted by Crippen LogP contribution is -2.41. The zero-order valence-corrected chi connectivity index (χ0v) is 7.94. The summed E-state index contributed by atoms with van der Waals surface area (Å²) in [5.74, 6) is -1.37. The van der Waals surface area contributed by atoms with Crippen LogP contribution in [-0.2, 0) is 9.59 Å². The van der Waals surface area contributed by atoms with Crippen molar-refractivity contribution in [2.45, 2.75) is 12.5 Å². The minimum atomic E-state index is -1.07. The van der Waals surface area contributed by atoms with E-state index in [9.17, 15) is 9.59 Å². The zero-order valence-electron chi connectivity index (χ0n) is 6.29. The molecule has 4 nitrogen and oxygen atoms in total. The topological polar surface area (TPSA) is 66.4 Å². The average Bonchev–Trinajstić information content (AvgIpc) is 2.03. The number of thiol groups is 1. The summed E-state index contributed by atoms with van der Waals surface area (Å²) in [4.78, 5) is 21.1.